The van der Waals surface area contributed by atoms with E-state index in [1.54, 1.807) is 0 Å². The van der Waals surface area contributed by atoms with Crippen LogP contribution in [0.25, 0.3) is 0 Å². The van der Waals surface area contributed by atoms with E-state index < -0.39 is 20.1 Å². The maximum absolute atomic E-state index is 13.1. The zero-order valence-corrected chi connectivity index (χ0v) is 18.2. The van der Waals surface area contributed by atoms with Crippen molar-refractivity contribution in [1.82, 2.24) is 0 Å². The molecule has 4 heteroatoms. The van der Waals surface area contributed by atoms with Crippen molar-refractivity contribution < 1.29 is 14.6 Å². The molecular formula is C25H28O3Si. The summed E-state index contributed by atoms with van der Waals surface area (Å²) in [6, 6.07) is 29.8. The lowest BCUT2D eigenvalue weighted by molar-refractivity contribution is -0.150. The fraction of sp³-hybridized carbons (Fsp3) is 0.240. The van der Waals surface area contributed by atoms with Gasteiger partial charge in [0.2, 0.25) is 0 Å². The molecule has 3 nitrogen and oxygen atoms in total. The van der Waals surface area contributed by atoms with Gasteiger partial charge in [-0.05, 0) is 16.7 Å². The van der Waals surface area contributed by atoms with Gasteiger partial charge in [-0.2, -0.15) is 0 Å². The van der Waals surface area contributed by atoms with E-state index in [-0.39, 0.29) is 11.5 Å². The molecule has 0 aliphatic carbocycles. The van der Waals surface area contributed by atoms with E-state index in [2.05, 4.69) is 37.4 Å². The third kappa shape index (κ3) is 4.49. The first-order valence-corrected chi connectivity index (χ1v) is 13.0. The van der Waals surface area contributed by atoms with E-state index in [0.717, 1.165) is 11.1 Å². The third-order valence-electron chi connectivity index (χ3n) is 5.77. The number of methoxy groups -OCH3 is 1. The van der Waals surface area contributed by atoms with Gasteiger partial charge in [-0.1, -0.05) is 109 Å². The molecule has 0 fully saturated rings. The number of esters is 1. The molecule has 0 radical (unpaired) electrons. The molecule has 3 aromatic carbocycles. The number of aliphatic hydroxyl groups excluding tert-OH is 1. The summed E-state index contributed by atoms with van der Waals surface area (Å²) in [5.41, 5.74) is 1.62. The van der Waals surface area contributed by atoms with E-state index >= 15 is 0 Å². The van der Waals surface area contributed by atoms with E-state index in [9.17, 15) is 9.90 Å². The normalized spacial score (nSPS) is 14.6. The predicted molar refractivity (Wildman–Crippen MR) is 120 cm³/mol. The van der Waals surface area contributed by atoms with Gasteiger partial charge in [0.25, 0.3) is 0 Å². The van der Waals surface area contributed by atoms with Crippen LogP contribution in [0.15, 0.2) is 91.0 Å². The molecule has 0 aliphatic rings. The van der Waals surface area contributed by atoms with Crippen molar-refractivity contribution in [1.29, 1.82) is 0 Å². The highest BCUT2D eigenvalue weighted by Gasteiger charge is 2.46. The zero-order valence-electron chi connectivity index (χ0n) is 17.2. The molecule has 0 unspecified atom stereocenters. The summed E-state index contributed by atoms with van der Waals surface area (Å²) in [7, 11) is -0.853. The first-order chi connectivity index (χ1) is 14.0. The smallest absolute Gasteiger partial charge is 0.311 e. The van der Waals surface area contributed by atoms with Crippen LogP contribution in [0.2, 0.25) is 13.1 Å². The van der Waals surface area contributed by atoms with Crippen LogP contribution < -0.4 is 5.19 Å². The number of carbonyl (C=O) groups is 1. The number of benzene rings is 3. The Hall–Kier alpha value is -2.69. The fourth-order valence-corrected chi connectivity index (χ4v) is 7.87. The van der Waals surface area contributed by atoms with E-state index in [0.29, 0.717) is 0 Å². The molecule has 0 saturated carbocycles. The Morgan fingerprint density at radius 3 is 1.72 bits per heavy atom. The number of carbonyl (C=O) groups excluding carboxylic acids is 1. The topological polar surface area (TPSA) is 46.5 Å². The Bertz CT molecular complexity index is 911. The molecular weight excluding hydrogens is 376 g/mol. The summed E-state index contributed by atoms with van der Waals surface area (Å²) >= 11 is 0. The molecule has 150 valence electrons. The van der Waals surface area contributed by atoms with Gasteiger partial charge in [-0.25, -0.2) is 0 Å². The molecule has 3 aromatic rings. The highest BCUT2D eigenvalue weighted by atomic mass is 28.3. The largest absolute Gasteiger partial charge is 0.469 e. The Balaban J connectivity index is 2.18. The van der Waals surface area contributed by atoms with Crippen LogP contribution in [0.3, 0.4) is 0 Å². The molecule has 0 aromatic heterocycles. The molecule has 0 spiro atoms. The molecule has 0 saturated heterocycles. The Kier molecular flexibility index (Phi) is 6.67. The maximum atomic E-state index is 13.1. The first kappa shape index (κ1) is 21.0. The van der Waals surface area contributed by atoms with Gasteiger partial charge in [0.05, 0.1) is 27.2 Å². The lowest BCUT2D eigenvalue weighted by Crippen LogP contribution is -2.53. The third-order valence-corrected chi connectivity index (χ3v) is 9.84. The van der Waals surface area contributed by atoms with Crippen LogP contribution in [-0.2, 0) is 9.53 Å². The quantitative estimate of drug-likeness (QED) is 0.467. The average Bonchev–Trinajstić information content (AvgIpc) is 2.78. The van der Waals surface area contributed by atoms with Crippen LogP contribution >= 0.6 is 0 Å². The summed E-state index contributed by atoms with van der Waals surface area (Å²) in [4.78, 5) is 13.1. The minimum Gasteiger partial charge on any atom is -0.469 e. The Morgan fingerprint density at radius 2 is 1.24 bits per heavy atom. The molecule has 3 rings (SSSR count). The number of hydrogen-bond donors (Lipinski definition) is 1. The van der Waals surface area contributed by atoms with Crippen molar-refractivity contribution >= 4 is 19.2 Å². The minimum absolute atomic E-state index is 0.159. The van der Waals surface area contributed by atoms with Crippen LogP contribution in [-0.4, -0.2) is 26.3 Å². The van der Waals surface area contributed by atoms with E-state index in [4.69, 9.17) is 4.74 Å². The van der Waals surface area contributed by atoms with Gasteiger partial charge >= 0.3 is 5.97 Å². The lowest BCUT2D eigenvalue weighted by Gasteiger charge is -2.39. The second-order valence-electron chi connectivity index (χ2n) is 7.88. The summed E-state index contributed by atoms with van der Waals surface area (Å²) in [5.74, 6) is -1.08. The van der Waals surface area contributed by atoms with Crippen molar-refractivity contribution in [2.24, 2.45) is 5.92 Å². The summed E-state index contributed by atoms with van der Waals surface area (Å²) in [5, 5.41) is 12.6. The Labute approximate surface area is 174 Å². The fourth-order valence-electron chi connectivity index (χ4n) is 4.22. The number of aliphatic hydroxyl groups is 1. The lowest BCUT2D eigenvalue weighted by atomic mass is 9.89. The van der Waals surface area contributed by atoms with Gasteiger partial charge in [-0.3, -0.25) is 4.79 Å². The van der Waals surface area contributed by atoms with Crippen LogP contribution in [0.1, 0.15) is 22.8 Å². The monoisotopic (exact) mass is 404 g/mol. The minimum atomic E-state index is -2.25. The van der Waals surface area contributed by atoms with Gasteiger partial charge < -0.3 is 9.84 Å². The number of ether oxygens (including phenoxy) is 1. The van der Waals surface area contributed by atoms with Crippen LogP contribution in [0, 0.1) is 5.92 Å². The van der Waals surface area contributed by atoms with Gasteiger partial charge in [0, 0.05) is 0 Å². The molecule has 0 heterocycles. The first-order valence-electron chi connectivity index (χ1n) is 9.88. The highest BCUT2D eigenvalue weighted by Crippen LogP contribution is 2.41. The summed E-state index contributed by atoms with van der Waals surface area (Å²) < 4.78 is 5.21. The summed E-state index contributed by atoms with van der Waals surface area (Å²) in [6.45, 7) is 4.52. The highest BCUT2D eigenvalue weighted by molar-refractivity contribution is 6.91. The van der Waals surface area contributed by atoms with Gasteiger partial charge in [-0.15, -0.1) is 0 Å². The molecule has 1 N–H and O–H groups in total. The van der Waals surface area contributed by atoms with Gasteiger partial charge in [0.1, 0.15) is 0 Å². The van der Waals surface area contributed by atoms with Crippen LogP contribution in [0.4, 0.5) is 0 Å². The van der Waals surface area contributed by atoms with Crippen LogP contribution in [0.5, 0.6) is 0 Å². The zero-order chi connectivity index (χ0) is 20.9. The predicted octanol–water partition coefficient (Wildman–Crippen LogP) is 4.45. The molecule has 0 bridgehead atoms. The number of rotatable bonds is 7. The van der Waals surface area contributed by atoms with Crippen molar-refractivity contribution in [2.75, 3.05) is 7.11 Å². The maximum Gasteiger partial charge on any atom is 0.311 e. The molecule has 3 atom stereocenters. The average molecular weight is 405 g/mol. The van der Waals surface area contributed by atoms with Crippen molar-refractivity contribution in [3.05, 3.63) is 102 Å². The number of hydrogen-bond acceptors (Lipinski definition) is 3. The summed E-state index contributed by atoms with van der Waals surface area (Å²) in [6.07, 6.45) is -0.954. The van der Waals surface area contributed by atoms with Crippen molar-refractivity contribution in [3.63, 3.8) is 0 Å². The van der Waals surface area contributed by atoms with Gasteiger partial charge in [0.15, 0.2) is 0 Å². The second kappa shape index (κ2) is 9.20. The van der Waals surface area contributed by atoms with Crippen molar-refractivity contribution in [3.8, 4) is 0 Å². The molecule has 29 heavy (non-hydrogen) atoms. The SMILES string of the molecule is COC(=O)[C@@H]([C@H](O)c1ccccc1)[C@H](c1ccccc1)[Si](C)(C)c1ccccc1. The second-order valence-corrected chi connectivity index (χ2v) is 12.5. The van der Waals surface area contributed by atoms with E-state index in [1.165, 1.54) is 12.3 Å². The Morgan fingerprint density at radius 1 is 0.793 bits per heavy atom. The standard InChI is InChI=1S/C25H28O3Si/c1-28-25(27)22(23(26)19-13-7-4-8-14-19)24(20-15-9-5-10-16-20)29(2,3)21-17-11-6-12-18-21/h4-18,22-24,26H,1-3H3/t22-,23+,24-/m0/s1. The molecule has 0 amide bonds. The van der Waals surface area contributed by atoms with E-state index in [1.807, 2.05) is 66.7 Å². The van der Waals surface area contributed by atoms with Crippen molar-refractivity contribution in [2.45, 2.75) is 24.7 Å². The molecule has 0 aliphatic heterocycles.